The Balaban J connectivity index is 1.51. The number of amides is 2. The van der Waals surface area contributed by atoms with Crippen LogP contribution < -0.4 is 14.8 Å². The smallest absolute Gasteiger partial charge is 0.276 e. The molecule has 1 aromatic heterocycles. The molecule has 0 radical (unpaired) electrons. The second-order valence-corrected chi connectivity index (χ2v) is 8.20. The number of nitrogens with zero attached hydrogens (tertiary/aromatic N) is 2. The molecule has 0 spiro atoms. The van der Waals surface area contributed by atoms with E-state index in [0.717, 1.165) is 11.1 Å². The van der Waals surface area contributed by atoms with E-state index in [9.17, 15) is 14.0 Å². The van der Waals surface area contributed by atoms with Gasteiger partial charge in [-0.3, -0.25) is 9.59 Å². The van der Waals surface area contributed by atoms with Gasteiger partial charge in [-0.2, -0.15) is 0 Å². The summed E-state index contributed by atoms with van der Waals surface area (Å²) >= 11 is 0. The molecule has 4 aromatic rings. The van der Waals surface area contributed by atoms with E-state index in [1.807, 2.05) is 30.3 Å². The number of benzene rings is 3. The van der Waals surface area contributed by atoms with Crippen molar-refractivity contribution in [2.75, 3.05) is 20.8 Å². The molecular weight excluding hydrogens is 477 g/mol. The van der Waals surface area contributed by atoms with Crippen LogP contribution in [0.4, 0.5) is 4.39 Å². The lowest BCUT2D eigenvalue weighted by Crippen LogP contribution is -2.40. The summed E-state index contributed by atoms with van der Waals surface area (Å²) in [6.45, 7) is 0.204. The van der Waals surface area contributed by atoms with Gasteiger partial charge in [-0.05, 0) is 41.5 Å². The summed E-state index contributed by atoms with van der Waals surface area (Å²) < 4.78 is 29.2. The van der Waals surface area contributed by atoms with Crippen LogP contribution in [0.15, 0.2) is 83.4 Å². The highest BCUT2D eigenvalue weighted by Gasteiger charge is 2.23. The summed E-state index contributed by atoms with van der Waals surface area (Å²) in [4.78, 5) is 27.5. The zero-order valence-corrected chi connectivity index (χ0v) is 20.4. The van der Waals surface area contributed by atoms with Gasteiger partial charge in [-0.25, -0.2) is 4.39 Å². The van der Waals surface area contributed by atoms with Crippen LogP contribution in [0.3, 0.4) is 0 Å². The molecule has 0 atom stereocenters. The molecule has 8 nitrogen and oxygen atoms in total. The minimum Gasteiger partial charge on any atom is -0.493 e. The molecule has 0 fully saturated rings. The van der Waals surface area contributed by atoms with Gasteiger partial charge in [0.2, 0.25) is 5.91 Å². The zero-order chi connectivity index (χ0) is 26.2. The zero-order valence-electron chi connectivity index (χ0n) is 20.4. The minimum atomic E-state index is -0.462. The van der Waals surface area contributed by atoms with E-state index in [-0.39, 0.29) is 37.1 Å². The van der Waals surface area contributed by atoms with Crippen molar-refractivity contribution in [2.24, 2.45) is 0 Å². The first-order valence-electron chi connectivity index (χ1n) is 11.5. The van der Waals surface area contributed by atoms with Crippen molar-refractivity contribution in [3.63, 3.8) is 0 Å². The quantitative estimate of drug-likeness (QED) is 0.344. The molecule has 190 valence electrons. The molecule has 9 heteroatoms. The summed E-state index contributed by atoms with van der Waals surface area (Å²) in [5.41, 5.74) is 2.31. The molecular formula is C28H26FN3O5. The van der Waals surface area contributed by atoms with E-state index in [0.29, 0.717) is 22.8 Å². The number of ether oxygens (including phenoxy) is 2. The van der Waals surface area contributed by atoms with Gasteiger partial charge in [-0.1, -0.05) is 47.6 Å². The number of carbonyl (C=O) groups is 2. The normalized spacial score (nSPS) is 10.6. The van der Waals surface area contributed by atoms with Crippen molar-refractivity contribution in [1.29, 1.82) is 0 Å². The van der Waals surface area contributed by atoms with E-state index in [4.69, 9.17) is 14.0 Å². The summed E-state index contributed by atoms with van der Waals surface area (Å²) in [5, 5.41) is 6.73. The lowest BCUT2D eigenvalue weighted by molar-refractivity contribution is -0.122. The van der Waals surface area contributed by atoms with E-state index in [2.05, 4.69) is 10.5 Å². The number of rotatable bonds is 10. The summed E-state index contributed by atoms with van der Waals surface area (Å²) in [7, 11) is 3.07. The van der Waals surface area contributed by atoms with Gasteiger partial charge in [-0.15, -0.1) is 0 Å². The average molecular weight is 504 g/mol. The van der Waals surface area contributed by atoms with Gasteiger partial charge >= 0.3 is 0 Å². The molecule has 1 heterocycles. The van der Waals surface area contributed by atoms with Crippen LogP contribution in [0.1, 0.15) is 21.6 Å². The minimum absolute atomic E-state index is 0.0621. The van der Waals surface area contributed by atoms with Crippen molar-refractivity contribution in [2.45, 2.75) is 13.1 Å². The number of hydrogen-bond acceptors (Lipinski definition) is 6. The van der Waals surface area contributed by atoms with Crippen LogP contribution in [0.5, 0.6) is 11.5 Å². The molecule has 0 saturated carbocycles. The summed E-state index contributed by atoms with van der Waals surface area (Å²) in [6.07, 6.45) is 0. The Kier molecular flexibility index (Phi) is 8.15. The van der Waals surface area contributed by atoms with Gasteiger partial charge in [0, 0.05) is 24.7 Å². The lowest BCUT2D eigenvalue weighted by atomic mass is 10.1. The Labute approximate surface area is 213 Å². The number of carbonyl (C=O) groups excluding carboxylic acids is 2. The van der Waals surface area contributed by atoms with Crippen LogP contribution in [-0.4, -0.2) is 42.6 Å². The number of methoxy groups -OCH3 is 2. The molecule has 0 aliphatic heterocycles. The van der Waals surface area contributed by atoms with Gasteiger partial charge in [0.15, 0.2) is 23.0 Å². The van der Waals surface area contributed by atoms with Gasteiger partial charge in [0.05, 0.1) is 14.2 Å². The highest BCUT2D eigenvalue weighted by Crippen LogP contribution is 2.32. The molecule has 1 N–H and O–H groups in total. The molecule has 0 aliphatic carbocycles. The third-order valence-electron chi connectivity index (χ3n) is 5.64. The van der Waals surface area contributed by atoms with E-state index >= 15 is 0 Å². The molecule has 3 aromatic carbocycles. The number of nitrogens with one attached hydrogen (secondary N) is 1. The van der Waals surface area contributed by atoms with Gasteiger partial charge < -0.3 is 24.2 Å². The standard InChI is InChI=1S/C28H26FN3O5/c1-35-24-13-10-21(14-26(24)36-2)25-15-23(31-37-25)28(34)32(17-20-6-4-3-5-7-20)18-27(33)30-16-19-8-11-22(29)12-9-19/h3-15H,16-18H2,1-2H3,(H,30,33). The first-order valence-corrected chi connectivity index (χ1v) is 11.5. The number of halogens is 1. The molecule has 0 aliphatic rings. The van der Waals surface area contributed by atoms with E-state index in [1.54, 1.807) is 37.4 Å². The lowest BCUT2D eigenvalue weighted by Gasteiger charge is -2.21. The molecule has 4 rings (SSSR count). The third kappa shape index (κ3) is 6.52. The average Bonchev–Trinajstić information content (AvgIpc) is 3.42. The third-order valence-corrected chi connectivity index (χ3v) is 5.64. The van der Waals surface area contributed by atoms with Gasteiger partial charge in [0.25, 0.3) is 5.91 Å². The Hall–Kier alpha value is -4.66. The highest BCUT2D eigenvalue weighted by atomic mass is 19.1. The summed E-state index contributed by atoms with van der Waals surface area (Å²) in [6, 6.07) is 21.9. The molecule has 0 saturated heterocycles. The Morgan fingerprint density at radius 3 is 2.35 bits per heavy atom. The van der Waals surface area contributed by atoms with Crippen molar-refractivity contribution in [1.82, 2.24) is 15.4 Å². The van der Waals surface area contributed by atoms with E-state index < -0.39 is 5.91 Å². The van der Waals surface area contributed by atoms with Crippen molar-refractivity contribution in [3.8, 4) is 22.8 Å². The number of hydrogen-bond donors (Lipinski definition) is 1. The van der Waals surface area contributed by atoms with Crippen LogP contribution >= 0.6 is 0 Å². The van der Waals surface area contributed by atoms with Crippen molar-refractivity contribution < 1.29 is 28.0 Å². The number of aromatic nitrogens is 1. The maximum atomic E-state index is 13.4. The molecule has 2 amide bonds. The van der Waals surface area contributed by atoms with Crippen molar-refractivity contribution in [3.05, 3.63) is 102 Å². The Morgan fingerprint density at radius 1 is 0.919 bits per heavy atom. The fourth-order valence-corrected chi connectivity index (χ4v) is 3.70. The largest absolute Gasteiger partial charge is 0.493 e. The first kappa shape index (κ1) is 25.4. The fourth-order valence-electron chi connectivity index (χ4n) is 3.70. The van der Waals surface area contributed by atoms with Crippen LogP contribution in [0.25, 0.3) is 11.3 Å². The fraction of sp³-hybridized carbons (Fsp3) is 0.179. The van der Waals surface area contributed by atoms with Crippen molar-refractivity contribution >= 4 is 11.8 Å². The topological polar surface area (TPSA) is 93.9 Å². The predicted molar refractivity (Wildman–Crippen MR) is 134 cm³/mol. The predicted octanol–water partition coefficient (Wildman–Crippen LogP) is 4.46. The SMILES string of the molecule is COc1ccc(-c2cc(C(=O)N(CC(=O)NCc3ccc(F)cc3)Cc3ccccc3)no2)cc1OC. The second kappa shape index (κ2) is 11.9. The molecule has 0 bridgehead atoms. The van der Waals surface area contributed by atoms with Crippen LogP contribution in [-0.2, 0) is 17.9 Å². The van der Waals surface area contributed by atoms with E-state index in [1.165, 1.54) is 30.2 Å². The molecule has 37 heavy (non-hydrogen) atoms. The Morgan fingerprint density at radius 2 is 1.65 bits per heavy atom. The van der Waals surface area contributed by atoms with Gasteiger partial charge in [0.1, 0.15) is 12.4 Å². The van der Waals surface area contributed by atoms with Crippen LogP contribution in [0, 0.1) is 5.82 Å². The Bertz CT molecular complexity index is 1360. The molecule has 0 unspecified atom stereocenters. The van der Waals surface area contributed by atoms with Crippen LogP contribution in [0.2, 0.25) is 0 Å². The highest BCUT2D eigenvalue weighted by molar-refractivity contribution is 5.95. The monoisotopic (exact) mass is 503 g/mol. The summed E-state index contributed by atoms with van der Waals surface area (Å²) in [5.74, 6) is 0.253. The maximum Gasteiger partial charge on any atom is 0.276 e. The second-order valence-electron chi connectivity index (χ2n) is 8.20. The first-order chi connectivity index (χ1) is 18.0. The maximum absolute atomic E-state index is 13.4.